The first kappa shape index (κ1) is 14.0. The fourth-order valence-corrected chi connectivity index (χ4v) is 2.03. The van der Waals surface area contributed by atoms with Gasteiger partial charge in [0.05, 0.1) is 0 Å². The molecule has 0 spiro atoms. The van der Waals surface area contributed by atoms with Crippen molar-refractivity contribution < 1.29 is 9.59 Å². The second-order valence-corrected chi connectivity index (χ2v) is 4.64. The van der Waals surface area contributed by atoms with Crippen molar-refractivity contribution in [1.82, 2.24) is 10.2 Å². The van der Waals surface area contributed by atoms with Gasteiger partial charge in [-0.2, -0.15) is 0 Å². The average Bonchev–Trinajstić information content (AvgIpc) is 2.52. The summed E-state index contributed by atoms with van der Waals surface area (Å²) in [4.78, 5) is 24.9. The first-order chi connectivity index (χ1) is 8.24. The normalized spacial score (nSPS) is 16.8. The van der Waals surface area contributed by atoms with Crippen molar-refractivity contribution in [3.63, 3.8) is 0 Å². The summed E-state index contributed by atoms with van der Waals surface area (Å²) >= 11 is 0. The molecule has 1 fully saturated rings. The van der Waals surface area contributed by atoms with E-state index in [0.717, 1.165) is 38.6 Å². The van der Waals surface area contributed by atoms with Crippen molar-refractivity contribution in [2.45, 2.75) is 51.9 Å². The van der Waals surface area contributed by atoms with E-state index in [-0.39, 0.29) is 11.8 Å². The van der Waals surface area contributed by atoms with Gasteiger partial charge in [0.2, 0.25) is 11.8 Å². The van der Waals surface area contributed by atoms with Crippen LogP contribution in [0.15, 0.2) is 0 Å². The van der Waals surface area contributed by atoms with Gasteiger partial charge in [-0.1, -0.05) is 19.8 Å². The van der Waals surface area contributed by atoms with Crippen LogP contribution in [0.3, 0.4) is 0 Å². The summed E-state index contributed by atoms with van der Waals surface area (Å²) in [7, 11) is 0. The van der Waals surface area contributed by atoms with E-state index in [9.17, 15) is 9.59 Å². The minimum absolute atomic E-state index is 0.106. The number of carbonyl (C=O) groups is 2. The fourth-order valence-electron chi connectivity index (χ4n) is 2.03. The second-order valence-electron chi connectivity index (χ2n) is 4.64. The molecule has 98 valence electrons. The minimum Gasteiger partial charge on any atom is -0.354 e. The number of hydrogen-bond donors (Lipinski definition) is 1. The SMILES string of the molecule is CCCCC(=O)NCCN1CCCCCC1=O. The van der Waals surface area contributed by atoms with Crippen LogP contribution in [-0.4, -0.2) is 36.3 Å². The van der Waals surface area contributed by atoms with E-state index in [1.54, 1.807) is 0 Å². The van der Waals surface area contributed by atoms with Crippen LogP contribution in [0.1, 0.15) is 51.9 Å². The zero-order valence-corrected chi connectivity index (χ0v) is 10.8. The van der Waals surface area contributed by atoms with Gasteiger partial charge in [-0.25, -0.2) is 0 Å². The highest BCUT2D eigenvalue weighted by molar-refractivity contribution is 5.77. The van der Waals surface area contributed by atoms with Crippen molar-refractivity contribution in [1.29, 1.82) is 0 Å². The largest absolute Gasteiger partial charge is 0.354 e. The lowest BCUT2D eigenvalue weighted by Crippen LogP contribution is -2.38. The van der Waals surface area contributed by atoms with Gasteiger partial charge in [0.1, 0.15) is 0 Å². The molecule has 1 rings (SSSR count). The maximum absolute atomic E-state index is 11.7. The van der Waals surface area contributed by atoms with Gasteiger partial charge in [-0.05, 0) is 19.3 Å². The number of likely N-dealkylation sites (tertiary alicyclic amines) is 1. The summed E-state index contributed by atoms with van der Waals surface area (Å²) < 4.78 is 0. The van der Waals surface area contributed by atoms with Crippen LogP contribution in [0, 0.1) is 0 Å². The topological polar surface area (TPSA) is 49.4 Å². The third-order valence-corrected chi connectivity index (χ3v) is 3.13. The monoisotopic (exact) mass is 240 g/mol. The lowest BCUT2D eigenvalue weighted by Gasteiger charge is -2.20. The fraction of sp³-hybridized carbons (Fsp3) is 0.846. The third kappa shape index (κ3) is 5.71. The second kappa shape index (κ2) is 8.09. The Kier molecular flexibility index (Phi) is 6.67. The Bertz CT molecular complexity index is 254. The van der Waals surface area contributed by atoms with Crippen molar-refractivity contribution in [3.05, 3.63) is 0 Å². The van der Waals surface area contributed by atoms with Gasteiger partial charge in [0.25, 0.3) is 0 Å². The first-order valence-corrected chi connectivity index (χ1v) is 6.78. The molecule has 0 bridgehead atoms. The van der Waals surface area contributed by atoms with Crippen molar-refractivity contribution >= 4 is 11.8 Å². The van der Waals surface area contributed by atoms with Gasteiger partial charge >= 0.3 is 0 Å². The summed E-state index contributed by atoms with van der Waals surface area (Å²) in [6.45, 7) is 4.18. The molecule has 0 saturated carbocycles. The zero-order chi connectivity index (χ0) is 12.5. The molecule has 4 nitrogen and oxygen atoms in total. The number of nitrogens with one attached hydrogen (secondary N) is 1. The number of nitrogens with zero attached hydrogens (tertiary/aromatic N) is 1. The highest BCUT2D eigenvalue weighted by Crippen LogP contribution is 2.10. The summed E-state index contributed by atoms with van der Waals surface area (Å²) in [5.74, 6) is 0.347. The number of unbranched alkanes of at least 4 members (excludes halogenated alkanes) is 1. The maximum atomic E-state index is 11.7. The lowest BCUT2D eigenvalue weighted by atomic mass is 10.2. The predicted octanol–water partition coefficient (Wildman–Crippen LogP) is 1.70. The molecule has 1 N–H and O–H groups in total. The first-order valence-electron chi connectivity index (χ1n) is 6.78. The van der Waals surface area contributed by atoms with E-state index < -0.39 is 0 Å². The van der Waals surface area contributed by atoms with Gasteiger partial charge < -0.3 is 10.2 Å². The molecule has 0 aliphatic carbocycles. The van der Waals surface area contributed by atoms with Crippen LogP contribution in [0.25, 0.3) is 0 Å². The van der Waals surface area contributed by atoms with Crippen LogP contribution in [0.2, 0.25) is 0 Å². The molecule has 0 radical (unpaired) electrons. The summed E-state index contributed by atoms with van der Waals surface area (Å²) in [6.07, 6.45) is 6.50. The van der Waals surface area contributed by atoms with Crippen LogP contribution in [-0.2, 0) is 9.59 Å². The molecule has 0 aromatic rings. The molecule has 17 heavy (non-hydrogen) atoms. The summed E-state index contributed by atoms with van der Waals surface area (Å²) in [5.41, 5.74) is 0. The lowest BCUT2D eigenvalue weighted by molar-refractivity contribution is -0.131. The molecule has 0 unspecified atom stereocenters. The van der Waals surface area contributed by atoms with Gasteiger partial charge in [0.15, 0.2) is 0 Å². The molecule has 0 aromatic carbocycles. The molecular weight excluding hydrogens is 216 g/mol. The highest BCUT2D eigenvalue weighted by Gasteiger charge is 2.15. The summed E-state index contributed by atoms with van der Waals surface area (Å²) in [5, 5.41) is 2.87. The van der Waals surface area contributed by atoms with Crippen molar-refractivity contribution in [2.75, 3.05) is 19.6 Å². The van der Waals surface area contributed by atoms with Gasteiger partial charge in [0, 0.05) is 32.5 Å². The van der Waals surface area contributed by atoms with E-state index in [2.05, 4.69) is 12.2 Å². The van der Waals surface area contributed by atoms with E-state index in [1.165, 1.54) is 0 Å². The smallest absolute Gasteiger partial charge is 0.222 e. The van der Waals surface area contributed by atoms with Gasteiger partial charge in [-0.15, -0.1) is 0 Å². The van der Waals surface area contributed by atoms with Crippen LogP contribution < -0.4 is 5.32 Å². The van der Waals surface area contributed by atoms with Crippen molar-refractivity contribution in [2.24, 2.45) is 0 Å². The molecule has 1 aliphatic heterocycles. The minimum atomic E-state index is 0.106. The van der Waals surface area contributed by atoms with Crippen LogP contribution in [0.4, 0.5) is 0 Å². The van der Waals surface area contributed by atoms with Gasteiger partial charge in [-0.3, -0.25) is 9.59 Å². The molecule has 0 atom stereocenters. The molecule has 1 saturated heterocycles. The van der Waals surface area contributed by atoms with E-state index in [1.807, 2.05) is 4.90 Å². The standard InChI is InChI=1S/C13H24N2O2/c1-2-3-7-12(16)14-9-11-15-10-6-4-5-8-13(15)17/h2-11H2,1H3,(H,14,16). The molecule has 1 aliphatic rings. The Morgan fingerprint density at radius 1 is 1.35 bits per heavy atom. The van der Waals surface area contributed by atoms with E-state index in [4.69, 9.17) is 0 Å². The number of rotatable bonds is 6. The van der Waals surface area contributed by atoms with Crippen LogP contribution >= 0.6 is 0 Å². The third-order valence-electron chi connectivity index (χ3n) is 3.13. The highest BCUT2D eigenvalue weighted by atomic mass is 16.2. The Morgan fingerprint density at radius 2 is 2.18 bits per heavy atom. The predicted molar refractivity (Wildman–Crippen MR) is 67.6 cm³/mol. The quantitative estimate of drug-likeness (QED) is 0.768. The zero-order valence-electron chi connectivity index (χ0n) is 10.8. The van der Waals surface area contributed by atoms with Crippen molar-refractivity contribution in [3.8, 4) is 0 Å². The number of amides is 2. The Hall–Kier alpha value is -1.06. The molecule has 2 amide bonds. The number of carbonyl (C=O) groups excluding carboxylic acids is 2. The molecule has 4 heteroatoms. The van der Waals surface area contributed by atoms with E-state index in [0.29, 0.717) is 25.9 Å². The molecular formula is C13H24N2O2. The van der Waals surface area contributed by atoms with E-state index >= 15 is 0 Å². The average molecular weight is 240 g/mol. The number of hydrogen-bond acceptors (Lipinski definition) is 2. The maximum Gasteiger partial charge on any atom is 0.222 e. The Balaban J connectivity index is 2.16. The Labute approximate surface area is 104 Å². The molecule has 1 heterocycles. The summed E-state index contributed by atoms with van der Waals surface area (Å²) in [6, 6.07) is 0. The van der Waals surface area contributed by atoms with Crippen LogP contribution in [0.5, 0.6) is 0 Å². The molecule has 0 aromatic heterocycles. The Morgan fingerprint density at radius 3 is 2.94 bits per heavy atom.